The monoisotopic (exact) mass is 369 g/mol. The molecule has 0 aliphatic heterocycles. The van der Waals surface area contributed by atoms with Gasteiger partial charge in [-0.1, -0.05) is 44.2 Å². The predicted molar refractivity (Wildman–Crippen MR) is 110 cm³/mol. The van der Waals surface area contributed by atoms with Crippen LogP contribution in [0.1, 0.15) is 49.8 Å². The van der Waals surface area contributed by atoms with E-state index in [2.05, 4.69) is 37.4 Å². The quantitative estimate of drug-likeness (QED) is 0.655. The summed E-state index contributed by atoms with van der Waals surface area (Å²) in [5.74, 6) is 1.94. The Labute approximate surface area is 162 Å². The van der Waals surface area contributed by atoms with Gasteiger partial charge in [-0.25, -0.2) is 0 Å². The lowest BCUT2D eigenvalue weighted by atomic mass is 10.0. The van der Waals surface area contributed by atoms with Crippen molar-refractivity contribution >= 4 is 5.91 Å². The molecule has 0 spiro atoms. The number of nitrogens with one attached hydrogen (secondary N) is 1. The molecule has 4 heteroatoms. The molecule has 2 rings (SSSR count). The van der Waals surface area contributed by atoms with Crippen molar-refractivity contribution in [3.05, 3.63) is 59.2 Å². The molecule has 2 aromatic carbocycles. The van der Waals surface area contributed by atoms with E-state index in [4.69, 9.17) is 9.47 Å². The predicted octanol–water partition coefficient (Wildman–Crippen LogP) is 4.64. The molecule has 0 radical (unpaired) electrons. The van der Waals surface area contributed by atoms with Gasteiger partial charge in [-0.05, 0) is 61.4 Å². The smallest absolute Gasteiger partial charge is 0.260 e. The number of carbonyl (C=O) groups excluding carboxylic acids is 1. The van der Waals surface area contributed by atoms with Gasteiger partial charge in [0.25, 0.3) is 5.91 Å². The van der Waals surface area contributed by atoms with Crippen LogP contribution in [0.4, 0.5) is 0 Å². The molecule has 0 bridgehead atoms. The highest BCUT2D eigenvalue weighted by Crippen LogP contribution is 2.28. The van der Waals surface area contributed by atoms with Crippen LogP contribution in [-0.4, -0.2) is 25.7 Å². The summed E-state index contributed by atoms with van der Waals surface area (Å²) in [6.07, 6.45) is 1.17. The topological polar surface area (TPSA) is 47.6 Å². The zero-order valence-corrected chi connectivity index (χ0v) is 17.0. The summed E-state index contributed by atoms with van der Waals surface area (Å²) in [5.41, 5.74) is 3.40. The molecule has 1 atom stereocenters. The Morgan fingerprint density at radius 1 is 1.07 bits per heavy atom. The minimum Gasteiger partial charge on any atom is -0.496 e. The van der Waals surface area contributed by atoms with Crippen LogP contribution in [0.5, 0.6) is 11.5 Å². The summed E-state index contributed by atoms with van der Waals surface area (Å²) in [6.45, 7) is 8.68. The van der Waals surface area contributed by atoms with Crippen LogP contribution in [0.2, 0.25) is 0 Å². The average Bonchev–Trinajstić information content (AvgIpc) is 2.65. The van der Waals surface area contributed by atoms with Crippen LogP contribution in [-0.2, 0) is 11.2 Å². The maximum Gasteiger partial charge on any atom is 0.260 e. The van der Waals surface area contributed by atoms with Crippen LogP contribution in [0, 0.1) is 6.92 Å². The lowest BCUT2D eigenvalue weighted by molar-refractivity contribution is -0.127. The molecule has 0 aliphatic rings. The summed E-state index contributed by atoms with van der Waals surface area (Å²) in [7, 11) is 1.68. The number of ether oxygens (including phenoxy) is 2. The first-order valence-electron chi connectivity index (χ1n) is 9.59. The lowest BCUT2D eigenvalue weighted by Crippen LogP contribution is -2.37. The Bertz CT molecular complexity index is 755. The maximum atomic E-state index is 12.4. The highest BCUT2D eigenvalue weighted by molar-refractivity contribution is 5.80. The second-order valence-electron chi connectivity index (χ2n) is 7.16. The van der Waals surface area contributed by atoms with Crippen molar-refractivity contribution in [3.63, 3.8) is 0 Å². The fourth-order valence-electron chi connectivity index (χ4n) is 3.01. The number of hydrogen-bond acceptors (Lipinski definition) is 3. The van der Waals surface area contributed by atoms with Crippen LogP contribution in [0.25, 0.3) is 0 Å². The number of hydrogen-bond donors (Lipinski definition) is 1. The molecule has 0 heterocycles. The van der Waals surface area contributed by atoms with Crippen molar-refractivity contribution in [2.45, 2.75) is 52.6 Å². The van der Waals surface area contributed by atoms with Gasteiger partial charge >= 0.3 is 0 Å². The molecule has 0 saturated carbocycles. The summed E-state index contributed by atoms with van der Waals surface area (Å²) in [5, 5.41) is 2.97. The van der Waals surface area contributed by atoms with Gasteiger partial charge in [0.05, 0.1) is 7.11 Å². The van der Waals surface area contributed by atoms with E-state index in [1.807, 2.05) is 31.2 Å². The van der Waals surface area contributed by atoms with Gasteiger partial charge in [0, 0.05) is 6.54 Å². The second kappa shape index (κ2) is 10.0. The van der Waals surface area contributed by atoms with E-state index >= 15 is 0 Å². The maximum absolute atomic E-state index is 12.4. The van der Waals surface area contributed by atoms with Crippen molar-refractivity contribution < 1.29 is 14.3 Å². The zero-order valence-electron chi connectivity index (χ0n) is 17.0. The standard InChI is InChI=1S/C23H31NO3/c1-16(2)20-13-12-17(3)15-22(20)27-18(4)23(25)24-14-8-10-19-9-6-7-11-21(19)26-5/h6-7,9,11-13,15-16,18H,8,10,14H2,1-5H3,(H,24,25)/t18-/m0/s1. The molecule has 1 N–H and O–H groups in total. The van der Waals surface area contributed by atoms with Crippen LogP contribution >= 0.6 is 0 Å². The zero-order chi connectivity index (χ0) is 19.8. The van der Waals surface area contributed by atoms with E-state index in [0.29, 0.717) is 12.5 Å². The van der Waals surface area contributed by atoms with Gasteiger partial charge in [0.1, 0.15) is 11.5 Å². The van der Waals surface area contributed by atoms with Crippen molar-refractivity contribution in [1.29, 1.82) is 0 Å². The molecule has 146 valence electrons. The fraction of sp³-hybridized carbons (Fsp3) is 0.435. The number of benzene rings is 2. The highest BCUT2D eigenvalue weighted by Gasteiger charge is 2.17. The Morgan fingerprint density at radius 2 is 1.81 bits per heavy atom. The first kappa shape index (κ1) is 20.8. The molecular formula is C23H31NO3. The Balaban J connectivity index is 1.85. The third kappa shape index (κ3) is 6.02. The van der Waals surface area contributed by atoms with Crippen LogP contribution in [0.15, 0.2) is 42.5 Å². The molecule has 1 amide bonds. The Hall–Kier alpha value is -2.49. The number of rotatable bonds is 9. The van der Waals surface area contributed by atoms with Crippen molar-refractivity contribution in [1.82, 2.24) is 5.32 Å². The Morgan fingerprint density at radius 3 is 2.52 bits per heavy atom. The number of para-hydroxylation sites is 1. The molecule has 0 aromatic heterocycles. The number of methoxy groups -OCH3 is 1. The van der Waals surface area contributed by atoms with E-state index in [9.17, 15) is 4.79 Å². The third-order valence-corrected chi connectivity index (χ3v) is 4.58. The molecule has 0 saturated heterocycles. The summed E-state index contributed by atoms with van der Waals surface area (Å²) in [4.78, 5) is 12.4. The molecule has 2 aromatic rings. The Kier molecular flexibility index (Phi) is 7.71. The van der Waals surface area contributed by atoms with E-state index in [-0.39, 0.29) is 5.91 Å². The van der Waals surface area contributed by atoms with Crippen molar-refractivity contribution in [2.75, 3.05) is 13.7 Å². The fourth-order valence-corrected chi connectivity index (χ4v) is 3.01. The third-order valence-electron chi connectivity index (χ3n) is 4.58. The first-order valence-corrected chi connectivity index (χ1v) is 9.59. The molecule has 27 heavy (non-hydrogen) atoms. The van der Waals surface area contributed by atoms with Crippen LogP contribution in [0.3, 0.4) is 0 Å². The normalized spacial score (nSPS) is 11.9. The second-order valence-corrected chi connectivity index (χ2v) is 7.16. The first-order chi connectivity index (χ1) is 12.9. The van der Waals surface area contributed by atoms with E-state index in [1.54, 1.807) is 14.0 Å². The minimum absolute atomic E-state index is 0.0914. The highest BCUT2D eigenvalue weighted by atomic mass is 16.5. The summed E-state index contributed by atoms with van der Waals surface area (Å²) >= 11 is 0. The van der Waals surface area contributed by atoms with Crippen molar-refractivity contribution in [2.24, 2.45) is 0 Å². The van der Waals surface area contributed by atoms with Crippen molar-refractivity contribution in [3.8, 4) is 11.5 Å². The summed E-state index contributed by atoms with van der Waals surface area (Å²) in [6, 6.07) is 14.1. The number of carbonyl (C=O) groups is 1. The molecule has 0 fully saturated rings. The number of aryl methyl sites for hydroxylation is 2. The molecular weight excluding hydrogens is 338 g/mol. The number of amides is 1. The minimum atomic E-state index is -0.532. The largest absolute Gasteiger partial charge is 0.496 e. The van der Waals surface area contributed by atoms with Gasteiger partial charge < -0.3 is 14.8 Å². The lowest BCUT2D eigenvalue weighted by Gasteiger charge is -2.19. The van der Waals surface area contributed by atoms with Crippen LogP contribution < -0.4 is 14.8 Å². The summed E-state index contributed by atoms with van der Waals surface area (Å²) < 4.78 is 11.3. The molecule has 0 unspecified atom stereocenters. The van der Waals surface area contributed by atoms with Gasteiger partial charge in [0.15, 0.2) is 6.10 Å². The van der Waals surface area contributed by atoms with Gasteiger partial charge in [-0.2, -0.15) is 0 Å². The van der Waals surface area contributed by atoms with Gasteiger partial charge in [0.2, 0.25) is 0 Å². The molecule has 0 aliphatic carbocycles. The average molecular weight is 370 g/mol. The SMILES string of the molecule is COc1ccccc1CCCNC(=O)[C@H](C)Oc1cc(C)ccc1C(C)C. The van der Waals surface area contributed by atoms with Gasteiger partial charge in [-0.15, -0.1) is 0 Å². The van der Waals surface area contributed by atoms with E-state index in [1.165, 1.54) is 0 Å². The molecule has 4 nitrogen and oxygen atoms in total. The van der Waals surface area contributed by atoms with Gasteiger partial charge in [-0.3, -0.25) is 4.79 Å². The van der Waals surface area contributed by atoms with E-state index < -0.39 is 6.10 Å². The van der Waals surface area contributed by atoms with E-state index in [0.717, 1.165) is 41.0 Å².